The van der Waals surface area contributed by atoms with Crippen molar-refractivity contribution in [3.05, 3.63) is 24.3 Å². The third-order valence-corrected chi connectivity index (χ3v) is 4.22. The predicted molar refractivity (Wildman–Crippen MR) is 81.6 cm³/mol. The molecule has 0 spiro atoms. The van der Waals surface area contributed by atoms with Gasteiger partial charge in [-0.2, -0.15) is 0 Å². The standard InChI is InChI=1S/C16H23N3O/c17-12-6-8-13(9-7-12)18-14-2-1-3-15(10-14)19-16(20)11-4-5-11/h1-3,10-13,18H,4-9,17H2,(H,19,20). The van der Waals surface area contributed by atoms with Gasteiger partial charge in [-0.05, 0) is 56.7 Å². The minimum Gasteiger partial charge on any atom is -0.382 e. The normalized spacial score (nSPS) is 26.1. The fourth-order valence-electron chi connectivity index (χ4n) is 2.78. The van der Waals surface area contributed by atoms with E-state index in [2.05, 4.69) is 16.7 Å². The Hall–Kier alpha value is -1.55. The van der Waals surface area contributed by atoms with Crippen molar-refractivity contribution in [3.63, 3.8) is 0 Å². The van der Waals surface area contributed by atoms with Gasteiger partial charge in [-0.15, -0.1) is 0 Å². The van der Waals surface area contributed by atoms with Crippen LogP contribution in [0.3, 0.4) is 0 Å². The van der Waals surface area contributed by atoms with Gasteiger partial charge < -0.3 is 16.4 Å². The zero-order valence-electron chi connectivity index (χ0n) is 11.8. The molecule has 0 unspecified atom stereocenters. The van der Waals surface area contributed by atoms with Crippen LogP contribution in [-0.2, 0) is 4.79 Å². The Morgan fingerprint density at radius 1 is 1.05 bits per heavy atom. The van der Waals surface area contributed by atoms with Crippen LogP contribution in [0.1, 0.15) is 38.5 Å². The molecule has 2 aliphatic rings. The summed E-state index contributed by atoms with van der Waals surface area (Å²) in [5, 5.41) is 6.54. The molecular formula is C16H23N3O. The fraction of sp³-hybridized carbons (Fsp3) is 0.562. The van der Waals surface area contributed by atoms with Crippen LogP contribution in [0.2, 0.25) is 0 Å². The summed E-state index contributed by atoms with van der Waals surface area (Å²) in [6.45, 7) is 0. The Labute approximate surface area is 120 Å². The van der Waals surface area contributed by atoms with Crippen LogP contribution in [-0.4, -0.2) is 18.0 Å². The van der Waals surface area contributed by atoms with Gasteiger partial charge in [-0.1, -0.05) is 6.07 Å². The highest BCUT2D eigenvalue weighted by molar-refractivity contribution is 5.94. The summed E-state index contributed by atoms with van der Waals surface area (Å²) >= 11 is 0. The van der Waals surface area contributed by atoms with E-state index in [0.717, 1.165) is 49.9 Å². The molecule has 4 N–H and O–H groups in total. The van der Waals surface area contributed by atoms with E-state index < -0.39 is 0 Å². The number of nitrogens with two attached hydrogens (primary N) is 1. The minimum absolute atomic E-state index is 0.158. The maximum atomic E-state index is 11.8. The monoisotopic (exact) mass is 273 g/mol. The van der Waals surface area contributed by atoms with Crippen LogP contribution in [0.15, 0.2) is 24.3 Å². The molecule has 108 valence electrons. The van der Waals surface area contributed by atoms with Crippen molar-refractivity contribution >= 4 is 17.3 Å². The number of carbonyl (C=O) groups is 1. The van der Waals surface area contributed by atoms with Gasteiger partial charge in [-0.3, -0.25) is 4.79 Å². The molecule has 0 radical (unpaired) electrons. The first kappa shape index (κ1) is 13.4. The zero-order chi connectivity index (χ0) is 13.9. The number of rotatable bonds is 4. The lowest BCUT2D eigenvalue weighted by molar-refractivity contribution is -0.117. The highest BCUT2D eigenvalue weighted by Gasteiger charge is 2.29. The molecule has 1 aromatic rings. The molecule has 2 fully saturated rings. The van der Waals surface area contributed by atoms with Crippen LogP contribution in [0, 0.1) is 5.92 Å². The van der Waals surface area contributed by atoms with Crippen LogP contribution in [0.5, 0.6) is 0 Å². The molecular weight excluding hydrogens is 250 g/mol. The molecule has 0 aromatic heterocycles. The molecule has 2 aliphatic carbocycles. The Balaban J connectivity index is 1.57. The van der Waals surface area contributed by atoms with E-state index in [0.29, 0.717) is 12.1 Å². The SMILES string of the molecule is NC1CCC(Nc2cccc(NC(=O)C3CC3)c2)CC1. The van der Waals surface area contributed by atoms with Crippen LogP contribution in [0.25, 0.3) is 0 Å². The molecule has 4 heteroatoms. The zero-order valence-corrected chi connectivity index (χ0v) is 11.8. The maximum absolute atomic E-state index is 11.8. The van der Waals surface area contributed by atoms with Crippen molar-refractivity contribution in [3.8, 4) is 0 Å². The van der Waals surface area contributed by atoms with Gasteiger partial charge in [0.1, 0.15) is 0 Å². The lowest BCUT2D eigenvalue weighted by atomic mass is 9.91. The first-order valence-corrected chi connectivity index (χ1v) is 7.64. The molecule has 1 aromatic carbocycles. The summed E-state index contributed by atoms with van der Waals surface area (Å²) in [5.41, 5.74) is 7.90. The number of hydrogen-bond donors (Lipinski definition) is 3. The average molecular weight is 273 g/mol. The second-order valence-corrected chi connectivity index (χ2v) is 6.10. The molecule has 3 rings (SSSR count). The topological polar surface area (TPSA) is 67.2 Å². The molecule has 0 saturated heterocycles. The van der Waals surface area contributed by atoms with E-state index >= 15 is 0 Å². The van der Waals surface area contributed by atoms with Crippen molar-refractivity contribution in [2.75, 3.05) is 10.6 Å². The smallest absolute Gasteiger partial charge is 0.227 e. The fourth-order valence-corrected chi connectivity index (χ4v) is 2.78. The third kappa shape index (κ3) is 3.51. The number of amides is 1. The third-order valence-electron chi connectivity index (χ3n) is 4.22. The highest BCUT2D eigenvalue weighted by Crippen LogP contribution is 2.30. The molecule has 2 saturated carbocycles. The maximum Gasteiger partial charge on any atom is 0.227 e. The molecule has 0 heterocycles. The van der Waals surface area contributed by atoms with E-state index in [4.69, 9.17) is 5.73 Å². The van der Waals surface area contributed by atoms with E-state index in [9.17, 15) is 4.79 Å². The van der Waals surface area contributed by atoms with E-state index in [1.807, 2.05) is 18.2 Å². The van der Waals surface area contributed by atoms with Gasteiger partial charge in [0, 0.05) is 29.4 Å². The average Bonchev–Trinajstić information content (AvgIpc) is 3.26. The number of carbonyl (C=O) groups excluding carboxylic acids is 1. The van der Waals surface area contributed by atoms with Crippen molar-refractivity contribution in [1.29, 1.82) is 0 Å². The van der Waals surface area contributed by atoms with Crippen molar-refractivity contribution < 1.29 is 4.79 Å². The van der Waals surface area contributed by atoms with Crippen LogP contribution >= 0.6 is 0 Å². The van der Waals surface area contributed by atoms with Crippen LogP contribution in [0.4, 0.5) is 11.4 Å². The minimum atomic E-state index is 0.158. The molecule has 1 amide bonds. The van der Waals surface area contributed by atoms with Gasteiger partial charge in [0.2, 0.25) is 5.91 Å². The Morgan fingerprint density at radius 3 is 2.45 bits per heavy atom. The van der Waals surface area contributed by atoms with E-state index in [-0.39, 0.29) is 11.8 Å². The number of nitrogens with one attached hydrogen (secondary N) is 2. The number of benzene rings is 1. The largest absolute Gasteiger partial charge is 0.382 e. The Kier molecular flexibility index (Phi) is 3.92. The van der Waals surface area contributed by atoms with E-state index in [1.165, 1.54) is 0 Å². The molecule has 0 bridgehead atoms. The highest BCUT2D eigenvalue weighted by atomic mass is 16.2. The summed E-state index contributed by atoms with van der Waals surface area (Å²) in [6, 6.07) is 8.89. The Bertz CT molecular complexity index is 476. The van der Waals surface area contributed by atoms with Crippen molar-refractivity contribution in [2.45, 2.75) is 50.6 Å². The Morgan fingerprint density at radius 2 is 1.75 bits per heavy atom. The first-order chi connectivity index (χ1) is 9.70. The summed E-state index contributed by atoms with van der Waals surface area (Å²) in [7, 11) is 0. The quantitative estimate of drug-likeness (QED) is 0.790. The second kappa shape index (κ2) is 5.83. The lowest BCUT2D eigenvalue weighted by Gasteiger charge is -2.27. The summed E-state index contributed by atoms with van der Waals surface area (Å²) < 4.78 is 0. The van der Waals surface area contributed by atoms with Gasteiger partial charge >= 0.3 is 0 Å². The summed E-state index contributed by atoms with van der Waals surface area (Å²) in [5.74, 6) is 0.400. The number of hydrogen-bond acceptors (Lipinski definition) is 3. The van der Waals surface area contributed by atoms with Crippen molar-refractivity contribution in [2.24, 2.45) is 11.7 Å². The molecule has 0 atom stereocenters. The van der Waals surface area contributed by atoms with Gasteiger partial charge in [0.25, 0.3) is 0 Å². The van der Waals surface area contributed by atoms with Crippen molar-refractivity contribution in [1.82, 2.24) is 0 Å². The summed E-state index contributed by atoms with van der Waals surface area (Å²) in [6.07, 6.45) is 6.50. The second-order valence-electron chi connectivity index (χ2n) is 6.10. The predicted octanol–water partition coefficient (Wildman–Crippen LogP) is 2.72. The molecule has 20 heavy (non-hydrogen) atoms. The van der Waals surface area contributed by atoms with Gasteiger partial charge in [0.05, 0.1) is 0 Å². The van der Waals surface area contributed by atoms with Gasteiger partial charge in [-0.25, -0.2) is 0 Å². The number of anilines is 2. The first-order valence-electron chi connectivity index (χ1n) is 7.64. The van der Waals surface area contributed by atoms with Gasteiger partial charge in [0.15, 0.2) is 0 Å². The molecule has 0 aliphatic heterocycles. The van der Waals surface area contributed by atoms with Crippen LogP contribution < -0.4 is 16.4 Å². The lowest BCUT2D eigenvalue weighted by Crippen LogP contribution is -2.32. The molecule has 4 nitrogen and oxygen atoms in total. The summed E-state index contributed by atoms with van der Waals surface area (Å²) in [4.78, 5) is 11.8. The van der Waals surface area contributed by atoms with E-state index in [1.54, 1.807) is 0 Å².